The van der Waals surface area contributed by atoms with Crippen LogP contribution >= 0.6 is 0 Å². The number of benzene rings is 3. The molecule has 3 heterocycles. The Labute approximate surface area is 214 Å². The van der Waals surface area contributed by atoms with E-state index in [-0.39, 0.29) is 6.10 Å². The van der Waals surface area contributed by atoms with Gasteiger partial charge in [-0.3, -0.25) is 9.89 Å². The molecule has 2 aliphatic heterocycles. The molecule has 2 saturated heterocycles. The number of amides is 1. The van der Waals surface area contributed by atoms with Crippen LogP contribution in [0.4, 0.5) is 17.2 Å². The summed E-state index contributed by atoms with van der Waals surface area (Å²) < 4.78 is 11.8. The fourth-order valence-corrected chi connectivity index (χ4v) is 5.21. The van der Waals surface area contributed by atoms with Crippen molar-refractivity contribution < 1.29 is 14.3 Å². The second kappa shape index (κ2) is 9.67. The maximum atomic E-state index is 12.3. The fourth-order valence-electron chi connectivity index (χ4n) is 5.21. The highest BCUT2D eigenvalue weighted by Crippen LogP contribution is 2.37. The molecular formula is C28H30N6O3. The monoisotopic (exact) mass is 498 g/mol. The Morgan fingerprint density at radius 3 is 2.51 bits per heavy atom. The summed E-state index contributed by atoms with van der Waals surface area (Å²) in [6.45, 7) is 4.51. The number of primary amides is 1. The number of fused-ring (bicyclic) bond motifs is 1. The topological polar surface area (TPSA) is 123 Å². The Morgan fingerprint density at radius 2 is 1.78 bits per heavy atom. The zero-order chi connectivity index (χ0) is 25.4. The zero-order valence-corrected chi connectivity index (χ0v) is 20.5. The summed E-state index contributed by atoms with van der Waals surface area (Å²) >= 11 is 0. The van der Waals surface area contributed by atoms with E-state index in [9.17, 15) is 4.79 Å². The Balaban J connectivity index is 1.33. The van der Waals surface area contributed by atoms with Gasteiger partial charge in [0.05, 0.1) is 35.4 Å². The van der Waals surface area contributed by atoms with Gasteiger partial charge in [0.25, 0.3) is 5.91 Å². The van der Waals surface area contributed by atoms with Gasteiger partial charge in [0.2, 0.25) is 0 Å². The number of nitrogens with one attached hydrogen (secondary N) is 1. The average molecular weight is 499 g/mol. The minimum Gasteiger partial charge on any atom is -0.487 e. The molecule has 37 heavy (non-hydrogen) atoms. The van der Waals surface area contributed by atoms with Gasteiger partial charge >= 0.3 is 0 Å². The van der Waals surface area contributed by atoms with E-state index >= 15 is 0 Å². The molecule has 2 aliphatic rings. The number of anilines is 3. The third-order valence-electron chi connectivity index (χ3n) is 7.17. The van der Waals surface area contributed by atoms with Gasteiger partial charge in [-0.2, -0.15) is 5.10 Å². The first kappa shape index (κ1) is 23.2. The molecule has 0 saturated carbocycles. The van der Waals surface area contributed by atoms with E-state index in [4.69, 9.17) is 20.9 Å². The summed E-state index contributed by atoms with van der Waals surface area (Å²) in [5.74, 6) is 0.636. The zero-order valence-electron chi connectivity index (χ0n) is 20.5. The number of aromatic amines is 1. The van der Waals surface area contributed by atoms with Crippen LogP contribution in [0, 0.1) is 0 Å². The first-order valence-electron chi connectivity index (χ1n) is 12.6. The van der Waals surface area contributed by atoms with Crippen LogP contribution in [-0.2, 0) is 4.74 Å². The van der Waals surface area contributed by atoms with Crippen molar-refractivity contribution in [1.29, 1.82) is 0 Å². The van der Waals surface area contributed by atoms with E-state index in [0.29, 0.717) is 30.3 Å². The summed E-state index contributed by atoms with van der Waals surface area (Å²) in [7, 11) is 0. The summed E-state index contributed by atoms with van der Waals surface area (Å²) in [5, 5.41) is 7.97. The number of hydrogen-bond acceptors (Lipinski definition) is 7. The predicted molar refractivity (Wildman–Crippen MR) is 145 cm³/mol. The summed E-state index contributed by atoms with van der Waals surface area (Å²) in [4.78, 5) is 16.9. The highest BCUT2D eigenvalue weighted by molar-refractivity contribution is 6.01. The smallest absolute Gasteiger partial charge is 0.250 e. The van der Waals surface area contributed by atoms with Crippen LogP contribution in [0.3, 0.4) is 0 Å². The average Bonchev–Trinajstić information content (AvgIpc) is 3.58. The lowest BCUT2D eigenvalue weighted by Gasteiger charge is -2.38. The van der Waals surface area contributed by atoms with Crippen molar-refractivity contribution in [2.24, 2.45) is 5.73 Å². The molecule has 2 fully saturated rings. The van der Waals surface area contributed by atoms with Gasteiger partial charge < -0.3 is 30.7 Å². The van der Waals surface area contributed by atoms with Crippen LogP contribution in [0.15, 0.2) is 60.7 Å². The number of nitrogen functional groups attached to an aromatic ring is 1. The molecule has 9 nitrogen and oxygen atoms in total. The maximum Gasteiger partial charge on any atom is 0.250 e. The Kier molecular flexibility index (Phi) is 6.05. The second-order valence-corrected chi connectivity index (χ2v) is 9.52. The van der Waals surface area contributed by atoms with Crippen LogP contribution in [0.2, 0.25) is 0 Å². The number of aromatic nitrogens is 2. The van der Waals surface area contributed by atoms with Crippen molar-refractivity contribution >= 4 is 34.0 Å². The second-order valence-electron chi connectivity index (χ2n) is 9.52. The summed E-state index contributed by atoms with van der Waals surface area (Å²) in [6, 6.07) is 20.2. The number of piperazine rings is 1. The van der Waals surface area contributed by atoms with E-state index in [2.05, 4.69) is 44.3 Å². The standard InChI is InChI=1S/C28H30N6O3/c29-27-26-23(31-32-27)14-19(16-25(26)37-21-8-13-36-17-21)18-6-7-22(28(30)35)24(15-18)34-11-9-33(10-12-34)20-4-2-1-3-5-20/h1-7,14-16,21H,8-13,17H2,(H2,30,35)(H3,29,31,32)/t21-/m0/s1. The number of carbonyl (C=O) groups is 1. The van der Waals surface area contributed by atoms with Gasteiger partial charge in [0.1, 0.15) is 11.9 Å². The Hall–Kier alpha value is -4.24. The molecule has 190 valence electrons. The third-order valence-corrected chi connectivity index (χ3v) is 7.17. The van der Waals surface area contributed by atoms with Crippen molar-refractivity contribution in [3.8, 4) is 16.9 Å². The molecule has 9 heteroatoms. The Morgan fingerprint density at radius 1 is 1.00 bits per heavy atom. The van der Waals surface area contributed by atoms with Gasteiger partial charge in [-0.1, -0.05) is 24.3 Å². The SMILES string of the molecule is NC(=O)c1ccc(-c2cc(O[C@H]3CCOC3)c3c(N)n[nH]c3c2)cc1N1CCN(c2ccccc2)CC1. The van der Waals surface area contributed by atoms with Gasteiger partial charge in [-0.15, -0.1) is 0 Å². The molecule has 0 radical (unpaired) electrons. The number of carbonyl (C=O) groups excluding carboxylic acids is 1. The molecule has 0 unspecified atom stereocenters. The number of ether oxygens (including phenoxy) is 2. The maximum absolute atomic E-state index is 12.3. The van der Waals surface area contributed by atoms with Crippen molar-refractivity contribution in [3.63, 3.8) is 0 Å². The van der Waals surface area contributed by atoms with Crippen molar-refractivity contribution in [2.45, 2.75) is 12.5 Å². The minimum atomic E-state index is -0.436. The predicted octanol–water partition coefficient (Wildman–Crippen LogP) is 3.41. The van der Waals surface area contributed by atoms with E-state index in [1.165, 1.54) is 5.69 Å². The van der Waals surface area contributed by atoms with Crippen LogP contribution in [0.25, 0.3) is 22.0 Å². The normalized spacial score (nSPS) is 17.9. The lowest BCUT2D eigenvalue weighted by atomic mass is 9.99. The van der Waals surface area contributed by atoms with Crippen molar-refractivity contribution in [2.75, 3.05) is 54.9 Å². The highest BCUT2D eigenvalue weighted by Gasteiger charge is 2.24. The molecule has 0 aliphatic carbocycles. The molecule has 0 bridgehead atoms. The number of nitrogens with zero attached hydrogens (tertiary/aromatic N) is 3. The quantitative estimate of drug-likeness (QED) is 0.372. The van der Waals surface area contributed by atoms with Crippen LogP contribution < -0.4 is 26.0 Å². The van der Waals surface area contributed by atoms with Gasteiger partial charge in [0, 0.05) is 38.3 Å². The number of H-pyrrole nitrogens is 1. The number of para-hydroxylation sites is 1. The lowest BCUT2D eigenvalue weighted by Crippen LogP contribution is -2.47. The van der Waals surface area contributed by atoms with Crippen molar-refractivity contribution in [1.82, 2.24) is 10.2 Å². The molecule has 4 aromatic rings. The largest absolute Gasteiger partial charge is 0.487 e. The molecule has 1 aromatic heterocycles. The molecule has 3 aromatic carbocycles. The third kappa shape index (κ3) is 4.53. The van der Waals surface area contributed by atoms with Crippen LogP contribution in [0.5, 0.6) is 5.75 Å². The van der Waals surface area contributed by atoms with E-state index in [0.717, 1.165) is 60.3 Å². The van der Waals surface area contributed by atoms with Crippen molar-refractivity contribution in [3.05, 3.63) is 66.2 Å². The number of hydrogen-bond donors (Lipinski definition) is 3. The molecule has 0 spiro atoms. The van der Waals surface area contributed by atoms with Gasteiger partial charge in [-0.25, -0.2) is 0 Å². The van der Waals surface area contributed by atoms with Crippen LogP contribution in [-0.4, -0.2) is 61.6 Å². The summed E-state index contributed by atoms with van der Waals surface area (Å²) in [5.41, 5.74) is 17.2. The molecule has 1 atom stereocenters. The minimum absolute atomic E-state index is 0.0264. The van der Waals surface area contributed by atoms with E-state index in [1.807, 2.05) is 36.4 Å². The van der Waals surface area contributed by atoms with Gasteiger partial charge in [-0.05, 0) is 47.5 Å². The molecule has 5 N–H and O–H groups in total. The lowest BCUT2D eigenvalue weighted by molar-refractivity contribution is 0.100. The van der Waals surface area contributed by atoms with Gasteiger partial charge in [0.15, 0.2) is 5.82 Å². The molecule has 6 rings (SSSR count). The molecule has 1 amide bonds. The van der Waals surface area contributed by atoms with Crippen LogP contribution in [0.1, 0.15) is 16.8 Å². The number of nitrogens with two attached hydrogens (primary N) is 2. The van der Waals surface area contributed by atoms with E-state index < -0.39 is 5.91 Å². The first-order chi connectivity index (χ1) is 18.1. The fraction of sp³-hybridized carbons (Fsp3) is 0.286. The molecular weight excluding hydrogens is 468 g/mol. The Bertz CT molecular complexity index is 1420. The summed E-state index contributed by atoms with van der Waals surface area (Å²) in [6.07, 6.45) is 0.803. The van der Waals surface area contributed by atoms with E-state index in [1.54, 1.807) is 0 Å². The highest BCUT2D eigenvalue weighted by atomic mass is 16.5. The first-order valence-corrected chi connectivity index (χ1v) is 12.6. The number of rotatable bonds is 6.